The largest absolute Gasteiger partial charge is 0.496 e. The lowest BCUT2D eigenvalue weighted by atomic mass is 9.86. The average molecular weight is 660 g/mol. The maximum atomic E-state index is 13.1. The van der Waals surface area contributed by atoms with Crippen LogP contribution >= 0.6 is 0 Å². The molecule has 1 amide bonds. The molecule has 1 saturated heterocycles. The van der Waals surface area contributed by atoms with E-state index in [1.807, 2.05) is 57.2 Å². The molecule has 0 aromatic heterocycles. The van der Waals surface area contributed by atoms with Crippen molar-refractivity contribution in [3.05, 3.63) is 89.0 Å². The average Bonchev–Trinajstić information content (AvgIpc) is 3.09. The SMILES string of the molecule is COc1ccccc1COCCCOc1ccc([C@H]2CCN(C(=O)OC(C)(C)C)C[C@@H]2OC(CCN)c2ccc3c(c2)NCCC3)cc1. The van der Waals surface area contributed by atoms with Crippen LogP contribution in [0.3, 0.4) is 0 Å². The molecule has 260 valence electrons. The number of ether oxygens (including phenoxy) is 5. The summed E-state index contributed by atoms with van der Waals surface area (Å²) in [5, 5.41) is 3.54. The van der Waals surface area contributed by atoms with Gasteiger partial charge in [-0.3, -0.25) is 0 Å². The Morgan fingerprint density at radius 1 is 1.06 bits per heavy atom. The van der Waals surface area contributed by atoms with E-state index in [9.17, 15) is 4.79 Å². The molecule has 0 spiro atoms. The fourth-order valence-corrected chi connectivity index (χ4v) is 6.45. The quantitative estimate of drug-likeness (QED) is 0.175. The summed E-state index contributed by atoms with van der Waals surface area (Å²) in [7, 11) is 1.67. The molecule has 3 N–H and O–H groups in total. The molecule has 3 aromatic carbocycles. The first kappa shape index (κ1) is 35.5. The Morgan fingerprint density at radius 2 is 1.88 bits per heavy atom. The second-order valence-corrected chi connectivity index (χ2v) is 13.6. The zero-order valence-electron chi connectivity index (χ0n) is 29.0. The highest BCUT2D eigenvalue weighted by molar-refractivity contribution is 5.68. The van der Waals surface area contributed by atoms with Crippen LogP contribution in [0.25, 0.3) is 0 Å². The van der Waals surface area contributed by atoms with Crippen LogP contribution in [0, 0.1) is 0 Å². The number of piperidine rings is 1. The smallest absolute Gasteiger partial charge is 0.410 e. The highest BCUT2D eigenvalue weighted by Crippen LogP contribution is 2.37. The zero-order valence-corrected chi connectivity index (χ0v) is 29.0. The van der Waals surface area contributed by atoms with Gasteiger partial charge in [0.05, 0.1) is 45.7 Å². The fraction of sp³-hybridized carbons (Fsp3) is 0.513. The van der Waals surface area contributed by atoms with E-state index >= 15 is 0 Å². The Hall–Kier alpha value is -3.79. The number of nitrogens with one attached hydrogen (secondary N) is 1. The summed E-state index contributed by atoms with van der Waals surface area (Å²) < 4.78 is 30.0. The summed E-state index contributed by atoms with van der Waals surface area (Å²) >= 11 is 0. The number of nitrogens with zero attached hydrogens (tertiary/aromatic N) is 1. The highest BCUT2D eigenvalue weighted by atomic mass is 16.6. The number of para-hydroxylation sites is 1. The van der Waals surface area contributed by atoms with Gasteiger partial charge in [0, 0.05) is 36.7 Å². The Morgan fingerprint density at radius 3 is 2.65 bits per heavy atom. The van der Waals surface area contributed by atoms with Gasteiger partial charge >= 0.3 is 6.09 Å². The Balaban J connectivity index is 1.22. The van der Waals surface area contributed by atoms with Crippen LogP contribution < -0.4 is 20.5 Å². The summed E-state index contributed by atoms with van der Waals surface area (Å²) in [6.45, 7) is 9.85. The zero-order chi connectivity index (χ0) is 33.9. The van der Waals surface area contributed by atoms with Crippen molar-refractivity contribution in [1.82, 2.24) is 4.90 Å². The third-order valence-corrected chi connectivity index (χ3v) is 8.88. The van der Waals surface area contributed by atoms with Gasteiger partial charge in [-0.15, -0.1) is 0 Å². The molecule has 0 radical (unpaired) electrons. The Bertz CT molecular complexity index is 1460. The summed E-state index contributed by atoms with van der Waals surface area (Å²) in [6, 6.07) is 22.8. The number of nitrogens with two attached hydrogens (primary N) is 1. The van der Waals surface area contributed by atoms with Crippen molar-refractivity contribution in [2.24, 2.45) is 5.73 Å². The van der Waals surface area contributed by atoms with Crippen LogP contribution in [-0.2, 0) is 27.2 Å². The minimum atomic E-state index is -0.570. The normalized spacial score (nSPS) is 18.4. The van der Waals surface area contributed by atoms with Gasteiger partial charge in [0.25, 0.3) is 0 Å². The third kappa shape index (κ3) is 9.87. The summed E-state index contributed by atoms with van der Waals surface area (Å²) in [6.07, 6.45) is 3.70. The van der Waals surface area contributed by atoms with Gasteiger partial charge in [-0.2, -0.15) is 0 Å². The highest BCUT2D eigenvalue weighted by Gasteiger charge is 2.36. The molecule has 2 aliphatic rings. The summed E-state index contributed by atoms with van der Waals surface area (Å²) in [5.74, 6) is 1.75. The number of amides is 1. The van der Waals surface area contributed by atoms with Crippen LogP contribution in [0.15, 0.2) is 66.7 Å². The first-order valence-corrected chi connectivity index (χ1v) is 17.4. The van der Waals surface area contributed by atoms with E-state index in [1.54, 1.807) is 12.0 Å². The maximum Gasteiger partial charge on any atom is 0.410 e. The molecule has 0 aliphatic carbocycles. The van der Waals surface area contributed by atoms with Crippen molar-refractivity contribution < 1.29 is 28.5 Å². The van der Waals surface area contributed by atoms with Crippen molar-refractivity contribution >= 4 is 11.8 Å². The lowest BCUT2D eigenvalue weighted by molar-refractivity contribution is -0.0668. The Kier molecular flexibility index (Phi) is 12.6. The second-order valence-electron chi connectivity index (χ2n) is 13.6. The van der Waals surface area contributed by atoms with Crippen molar-refractivity contribution in [2.75, 3.05) is 51.8 Å². The molecule has 3 aromatic rings. The predicted molar refractivity (Wildman–Crippen MR) is 189 cm³/mol. The molecule has 9 heteroatoms. The number of carbonyl (C=O) groups excluding carboxylic acids is 1. The van der Waals surface area contributed by atoms with Gasteiger partial charge in [-0.1, -0.05) is 42.5 Å². The number of benzene rings is 3. The van der Waals surface area contributed by atoms with Crippen LogP contribution in [0.1, 0.15) is 80.7 Å². The van der Waals surface area contributed by atoms with Crippen LogP contribution in [0.4, 0.5) is 10.5 Å². The number of fused-ring (bicyclic) bond motifs is 1. The van der Waals surface area contributed by atoms with Crippen molar-refractivity contribution in [3.8, 4) is 11.5 Å². The van der Waals surface area contributed by atoms with E-state index in [0.29, 0.717) is 45.9 Å². The number of hydrogen-bond donors (Lipinski definition) is 2. The minimum Gasteiger partial charge on any atom is -0.496 e. The van der Waals surface area contributed by atoms with E-state index < -0.39 is 5.60 Å². The summed E-state index contributed by atoms with van der Waals surface area (Å²) in [5.41, 5.74) is 11.4. The van der Waals surface area contributed by atoms with E-state index in [0.717, 1.165) is 60.4 Å². The first-order valence-electron chi connectivity index (χ1n) is 17.4. The van der Waals surface area contributed by atoms with Crippen LogP contribution in [0.2, 0.25) is 0 Å². The minimum absolute atomic E-state index is 0.0946. The molecular weight excluding hydrogens is 606 g/mol. The predicted octanol–water partition coefficient (Wildman–Crippen LogP) is 7.24. The molecule has 1 unspecified atom stereocenters. The van der Waals surface area contributed by atoms with Gasteiger partial charge < -0.3 is 39.6 Å². The molecule has 2 aliphatic heterocycles. The standard InChI is InChI=1S/C39H53N3O6/c1-39(2,3)48-38(43)42-22-19-33(37(26-42)47-36(18-20-40)30-13-12-29-10-7-21-41-34(29)25-30)28-14-16-32(17-15-28)46-24-8-23-45-27-31-9-5-6-11-35(31)44-4/h5-6,9,11-17,25,33,36-37,41H,7-8,10,18-24,26-27,40H2,1-4H3/t33-,36?,37+/m1/s1. The van der Waals surface area contributed by atoms with Crippen molar-refractivity contribution in [2.45, 2.75) is 83.2 Å². The maximum absolute atomic E-state index is 13.1. The number of rotatable bonds is 14. The topological polar surface area (TPSA) is 105 Å². The second kappa shape index (κ2) is 17.0. The number of anilines is 1. The van der Waals surface area contributed by atoms with Gasteiger partial charge in [0.1, 0.15) is 17.1 Å². The summed E-state index contributed by atoms with van der Waals surface area (Å²) in [4.78, 5) is 14.9. The lowest BCUT2D eigenvalue weighted by Gasteiger charge is -2.40. The molecule has 9 nitrogen and oxygen atoms in total. The number of aryl methyl sites for hydroxylation is 1. The molecule has 5 rings (SSSR count). The van der Waals surface area contributed by atoms with Crippen LogP contribution in [0.5, 0.6) is 11.5 Å². The number of carbonyl (C=O) groups is 1. The number of methoxy groups -OCH3 is 1. The van der Waals surface area contributed by atoms with Gasteiger partial charge in [0.2, 0.25) is 0 Å². The molecule has 3 atom stereocenters. The van der Waals surface area contributed by atoms with Crippen molar-refractivity contribution in [3.63, 3.8) is 0 Å². The molecule has 0 bridgehead atoms. The van der Waals surface area contributed by atoms with Gasteiger partial charge in [-0.25, -0.2) is 4.79 Å². The molecule has 2 heterocycles. The van der Waals surface area contributed by atoms with E-state index in [4.69, 9.17) is 29.4 Å². The number of likely N-dealkylation sites (tertiary alicyclic amines) is 1. The first-order chi connectivity index (χ1) is 23.2. The Labute approximate surface area is 286 Å². The molecular formula is C39H53N3O6. The molecule has 48 heavy (non-hydrogen) atoms. The van der Waals surface area contributed by atoms with Gasteiger partial charge in [-0.05, 0) is 94.0 Å². The van der Waals surface area contributed by atoms with E-state index in [2.05, 4.69) is 35.6 Å². The monoisotopic (exact) mass is 659 g/mol. The fourth-order valence-electron chi connectivity index (χ4n) is 6.45. The van der Waals surface area contributed by atoms with E-state index in [-0.39, 0.29) is 24.2 Å². The van der Waals surface area contributed by atoms with Crippen LogP contribution in [-0.4, -0.2) is 69.2 Å². The van der Waals surface area contributed by atoms with Gasteiger partial charge in [0.15, 0.2) is 0 Å². The van der Waals surface area contributed by atoms with E-state index in [1.165, 1.54) is 11.3 Å². The third-order valence-electron chi connectivity index (χ3n) is 8.88. The van der Waals surface area contributed by atoms with Crippen molar-refractivity contribution in [1.29, 1.82) is 0 Å². The number of hydrogen-bond acceptors (Lipinski definition) is 8. The molecule has 0 saturated carbocycles. The lowest BCUT2D eigenvalue weighted by Crippen LogP contribution is -2.48. The molecule has 1 fully saturated rings.